The Hall–Kier alpha value is -0.780. The van der Waals surface area contributed by atoms with E-state index < -0.39 is 12.7 Å². The van der Waals surface area contributed by atoms with E-state index in [1.54, 1.807) is 0 Å². The molecular weight excluding hydrogens is 219 g/mol. The Morgan fingerprint density at radius 2 is 1.75 bits per heavy atom. The second-order valence-corrected chi connectivity index (χ2v) is 4.08. The molecule has 0 aromatic heterocycles. The third-order valence-electron chi connectivity index (χ3n) is 2.64. The predicted octanol–water partition coefficient (Wildman–Crippen LogP) is 1.94. The normalized spacial score (nSPS) is 18.9. The lowest BCUT2D eigenvalue weighted by atomic mass is 10.2. The van der Waals surface area contributed by atoms with E-state index in [-0.39, 0.29) is 0 Å². The van der Waals surface area contributed by atoms with E-state index in [9.17, 15) is 13.2 Å². The van der Waals surface area contributed by atoms with Crippen molar-refractivity contribution in [2.24, 2.45) is 0 Å². The number of alkyl halides is 3. The van der Waals surface area contributed by atoms with Crippen LogP contribution in [0.15, 0.2) is 0 Å². The first-order valence-electron chi connectivity index (χ1n) is 5.54. The zero-order valence-corrected chi connectivity index (χ0v) is 9.48. The molecule has 0 spiro atoms. The Bertz CT molecular complexity index is 232. The zero-order valence-electron chi connectivity index (χ0n) is 9.48. The van der Waals surface area contributed by atoms with Gasteiger partial charge in [0.15, 0.2) is 0 Å². The van der Waals surface area contributed by atoms with Crippen LogP contribution in [0, 0.1) is 5.41 Å². The van der Waals surface area contributed by atoms with Gasteiger partial charge in [-0.2, -0.15) is 13.2 Å². The van der Waals surface area contributed by atoms with Crippen molar-refractivity contribution in [1.82, 2.24) is 9.80 Å². The van der Waals surface area contributed by atoms with Gasteiger partial charge in [-0.05, 0) is 6.42 Å². The number of hydrogen-bond donors (Lipinski definition) is 1. The number of amidine groups is 1. The highest BCUT2D eigenvalue weighted by atomic mass is 19.4. The lowest BCUT2D eigenvalue weighted by molar-refractivity contribution is -0.148. The molecule has 1 N–H and O–H groups in total. The van der Waals surface area contributed by atoms with Gasteiger partial charge in [-0.25, -0.2) is 0 Å². The summed E-state index contributed by atoms with van der Waals surface area (Å²) in [5.41, 5.74) is 0. The highest BCUT2D eigenvalue weighted by Gasteiger charge is 2.32. The highest BCUT2D eigenvalue weighted by Crippen LogP contribution is 2.17. The van der Waals surface area contributed by atoms with Crippen LogP contribution >= 0.6 is 0 Å². The second kappa shape index (κ2) is 5.52. The quantitative estimate of drug-likeness (QED) is 0.600. The van der Waals surface area contributed by atoms with Crippen molar-refractivity contribution in [3.63, 3.8) is 0 Å². The Kier molecular flexibility index (Phi) is 4.58. The number of halogens is 3. The maximum atomic E-state index is 12.1. The van der Waals surface area contributed by atoms with E-state index in [1.807, 2.05) is 11.8 Å². The molecule has 0 atom stereocenters. The van der Waals surface area contributed by atoms with Gasteiger partial charge in [0.2, 0.25) is 0 Å². The summed E-state index contributed by atoms with van der Waals surface area (Å²) in [5, 5.41) is 7.71. The average Bonchev–Trinajstić information content (AvgIpc) is 2.16. The van der Waals surface area contributed by atoms with E-state index >= 15 is 0 Å². The summed E-state index contributed by atoms with van der Waals surface area (Å²) in [4.78, 5) is 3.27. The molecule has 1 fully saturated rings. The van der Waals surface area contributed by atoms with Crippen LogP contribution in [-0.2, 0) is 0 Å². The first-order chi connectivity index (χ1) is 7.42. The van der Waals surface area contributed by atoms with Crippen molar-refractivity contribution < 1.29 is 13.2 Å². The van der Waals surface area contributed by atoms with Crippen molar-refractivity contribution in [3.8, 4) is 0 Å². The molecule has 94 valence electrons. The van der Waals surface area contributed by atoms with Crippen LogP contribution in [0.2, 0.25) is 0 Å². The van der Waals surface area contributed by atoms with Crippen molar-refractivity contribution in [2.45, 2.75) is 25.9 Å². The topological polar surface area (TPSA) is 30.3 Å². The summed E-state index contributed by atoms with van der Waals surface area (Å²) in [5.74, 6) is 0.550. The first kappa shape index (κ1) is 13.3. The van der Waals surface area contributed by atoms with Gasteiger partial charge < -0.3 is 4.90 Å². The van der Waals surface area contributed by atoms with Gasteiger partial charge in [-0.1, -0.05) is 6.92 Å². The molecule has 0 radical (unpaired) electrons. The average molecular weight is 237 g/mol. The number of nitrogens with zero attached hydrogens (tertiary/aromatic N) is 2. The van der Waals surface area contributed by atoms with E-state index in [2.05, 4.69) is 0 Å². The molecule has 1 aliphatic rings. The van der Waals surface area contributed by atoms with Crippen molar-refractivity contribution in [2.75, 3.05) is 32.7 Å². The fraction of sp³-hybridized carbons (Fsp3) is 0.900. The third-order valence-corrected chi connectivity index (χ3v) is 2.64. The van der Waals surface area contributed by atoms with Gasteiger partial charge in [-0.3, -0.25) is 10.3 Å². The van der Waals surface area contributed by atoms with Crippen LogP contribution in [0.5, 0.6) is 0 Å². The van der Waals surface area contributed by atoms with Crippen molar-refractivity contribution in [3.05, 3.63) is 0 Å². The van der Waals surface area contributed by atoms with Gasteiger partial charge in [0.1, 0.15) is 0 Å². The smallest absolute Gasteiger partial charge is 0.358 e. The summed E-state index contributed by atoms with van der Waals surface area (Å²) in [6.07, 6.45) is -2.50. The van der Waals surface area contributed by atoms with Gasteiger partial charge in [-0.15, -0.1) is 0 Å². The molecule has 0 saturated carbocycles. The van der Waals surface area contributed by atoms with Gasteiger partial charge in [0, 0.05) is 32.6 Å². The Balaban J connectivity index is 2.31. The lowest BCUT2D eigenvalue weighted by Gasteiger charge is -2.36. The molecule has 16 heavy (non-hydrogen) atoms. The molecule has 0 amide bonds. The molecule has 1 heterocycles. The monoisotopic (exact) mass is 237 g/mol. The molecule has 0 aromatic rings. The Morgan fingerprint density at radius 1 is 1.19 bits per heavy atom. The summed E-state index contributed by atoms with van der Waals surface area (Å²) in [7, 11) is 0. The number of nitrogens with one attached hydrogen (secondary N) is 1. The maximum absolute atomic E-state index is 12.1. The predicted molar refractivity (Wildman–Crippen MR) is 56.7 cm³/mol. The molecule has 1 aliphatic heterocycles. The lowest BCUT2D eigenvalue weighted by Crippen LogP contribution is -2.50. The minimum Gasteiger partial charge on any atom is -0.358 e. The SMILES string of the molecule is CCCC(=N)N1CCN(CC(F)(F)F)CC1. The van der Waals surface area contributed by atoms with E-state index in [1.165, 1.54) is 4.90 Å². The maximum Gasteiger partial charge on any atom is 0.401 e. The molecule has 3 nitrogen and oxygen atoms in total. The largest absolute Gasteiger partial charge is 0.401 e. The minimum absolute atomic E-state index is 0.394. The number of hydrogen-bond acceptors (Lipinski definition) is 2. The molecule has 0 aromatic carbocycles. The van der Waals surface area contributed by atoms with Gasteiger partial charge in [0.25, 0.3) is 0 Å². The fourth-order valence-corrected chi connectivity index (χ4v) is 1.82. The van der Waals surface area contributed by atoms with Crippen LogP contribution < -0.4 is 0 Å². The molecular formula is C10H18F3N3. The summed E-state index contributed by atoms with van der Waals surface area (Å²) in [6.45, 7) is 3.03. The Labute approximate surface area is 93.7 Å². The second-order valence-electron chi connectivity index (χ2n) is 4.08. The van der Waals surface area contributed by atoms with Crippen molar-refractivity contribution >= 4 is 5.84 Å². The molecule has 0 bridgehead atoms. The van der Waals surface area contributed by atoms with Crippen LogP contribution in [0.3, 0.4) is 0 Å². The van der Waals surface area contributed by atoms with Crippen LogP contribution in [-0.4, -0.2) is 54.5 Å². The third kappa shape index (κ3) is 4.38. The standard InChI is InChI=1S/C10H18F3N3/c1-2-3-9(14)16-6-4-15(5-7-16)8-10(11,12)13/h14H,2-8H2,1H3. The summed E-state index contributed by atoms with van der Waals surface area (Å²) >= 11 is 0. The van der Waals surface area contributed by atoms with E-state index in [0.29, 0.717) is 38.4 Å². The number of piperazine rings is 1. The van der Waals surface area contributed by atoms with Crippen molar-refractivity contribution in [1.29, 1.82) is 5.41 Å². The molecule has 6 heteroatoms. The van der Waals surface area contributed by atoms with Gasteiger partial charge >= 0.3 is 6.18 Å². The molecule has 0 unspecified atom stereocenters. The zero-order chi connectivity index (χ0) is 12.2. The highest BCUT2D eigenvalue weighted by molar-refractivity contribution is 5.79. The summed E-state index contributed by atoms with van der Waals surface area (Å²) < 4.78 is 36.4. The van der Waals surface area contributed by atoms with E-state index in [4.69, 9.17) is 5.41 Å². The molecule has 1 saturated heterocycles. The summed E-state index contributed by atoms with van der Waals surface area (Å²) in [6, 6.07) is 0. The fourth-order valence-electron chi connectivity index (χ4n) is 1.82. The number of rotatable bonds is 3. The first-order valence-corrected chi connectivity index (χ1v) is 5.54. The molecule has 0 aliphatic carbocycles. The minimum atomic E-state index is -4.11. The van der Waals surface area contributed by atoms with Crippen LogP contribution in [0.1, 0.15) is 19.8 Å². The van der Waals surface area contributed by atoms with Crippen LogP contribution in [0.4, 0.5) is 13.2 Å². The Morgan fingerprint density at radius 3 is 2.19 bits per heavy atom. The van der Waals surface area contributed by atoms with E-state index in [0.717, 1.165) is 6.42 Å². The molecule has 1 rings (SSSR count). The van der Waals surface area contributed by atoms with Gasteiger partial charge in [0.05, 0.1) is 12.4 Å². The van der Waals surface area contributed by atoms with Crippen LogP contribution in [0.25, 0.3) is 0 Å².